The van der Waals surface area contributed by atoms with Crippen molar-refractivity contribution in [2.75, 3.05) is 6.54 Å². The van der Waals surface area contributed by atoms with Crippen LogP contribution in [0.1, 0.15) is 72.5 Å². The van der Waals surface area contributed by atoms with Gasteiger partial charge in [-0.15, -0.1) is 0 Å². The first-order chi connectivity index (χ1) is 18.9. The molecular weight excluding hydrogens is 514 g/mol. The SMILES string of the molecule is CC(C)(C)OC(=O)N1CC[C@@H](O[Si](c2ccccc2)(c2ccccc2)C(C)(C)C)C[C@H]1C[C@@H](O)c1ccccc1. The van der Waals surface area contributed by atoms with Crippen LogP contribution < -0.4 is 10.4 Å². The van der Waals surface area contributed by atoms with Crippen molar-refractivity contribution in [1.82, 2.24) is 4.90 Å². The van der Waals surface area contributed by atoms with Crippen molar-refractivity contribution in [2.24, 2.45) is 0 Å². The van der Waals surface area contributed by atoms with Gasteiger partial charge in [0.05, 0.1) is 6.10 Å². The average molecular weight is 560 g/mol. The molecule has 5 nitrogen and oxygen atoms in total. The van der Waals surface area contributed by atoms with Crippen LogP contribution >= 0.6 is 0 Å². The van der Waals surface area contributed by atoms with Gasteiger partial charge >= 0.3 is 6.09 Å². The van der Waals surface area contributed by atoms with Gasteiger partial charge in [-0.1, -0.05) is 112 Å². The third-order valence-electron chi connectivity index (χ3n) is 7.74. The van der Waals surface area contributed by atoms with Crippen molar-refractivity contribution in [3.63, 3.8) is 0 Å². The van der Waals surface area contributed by atoms with Crippen molar-refractivity contribution >= 4 is 24.8 Å². The van der Waals surface area contributed by atoms with Gasteiger partial charge in [0.1, 0.15) is 5.60 Å². The van der Waals surface area contributed by atoms with Gasteiger partial charge in [-0.2, -0.15) is 0 Å². The number of rotatable bonds is 7. The molecule has 1 heterocycles. The van der Waals surface area contributed by atoms with Crippen LogP contribution in [0, 0.1) is 0 Å². The lowest BCUT2D eigenvalue weighted by Gasteiger charge is -2.48. The van der Waals surface area contributed by atoms with Gasteiger partial charge in [0.15, 0.2) is 0 Å². The summed E-state index contributed by atoms with van der Waals surface area (Å²) in [6.45, 7) is 13.0. The Morgan fingerprint density at radius 3 is 1.85 bits per heavy atom. The summed E-state index contributed by atoms with van der Waals surface area (Å²) in [6, 6.07) is 30.8. The minimum atomic E-state index is -2.75. The molecule has 214 valence electrons. The Kier molecular flexibility index (Phi) is 9.23. The molecule has 1 amide bonds. The van der Waals surface area contributed by atoms with Crippen molar-refractivity contribution < 1.29 is 19.1 Å². The number of piperidine rings is 1. The lowest BCUT2D eigenvalue weighted by atomic mass is 9.93. The molecule has 40 heavy (non-hydrogen) atoms. The Morgan fingerprint density at radius 1 is 0.875 bits per heavy atom. The summed E-state index contributed by atoms with van der Waals surface area (Å²) in [7, 11) is -2.75. The predicted octanol–water partition coefficient (Wildman–Crippen LogP) is 6.45. The molecule has 1 N–H and O–H groups in total. The molecule has 1 aliphatic rings. The van der Waals surface area contributed by atoms with Crippen LogP contribution in [0.3, 0.4) is 0 Å². The molecule has 0 bridgehead atoms. The summed E-state index contributed by atoms with van der Waals surface area (Å²) in [6.07, 6.45) is 0.668. The third kappa shape index (κ3) is 6.85. The summed E-state index contributed by atoms with van der Waals surface area (Å²) in [4.78, 5) is 15.1. The van der Waals surface area contributed by atoms with Crippen LogP contribution in [0.25, 0.3) is 0 Å². The van der Waals surface area contributed by atoms with Gasteiger partial charge < -0.3 is 19.2 Å². The largest absolute Gasteiger partial charge is 0.444 e. The number of hydrogen-bond donors (Lipinski definition) is 1. The smallest absolute Gasteiger partial charge is 0.410 e. The summed E-state index contributed by atoms with van der Waals surface area (Å²) >= 11 is 0. The number of ether oxygens (including phenoxy) is 1. The van der Waals surface area contributed by atoms with Crippen LogP contribution in [0.2, 0.25) is 5.04 Å². The van der Waals surface area contributed by atoms with Crippen LogP contribution in [0.15, 0.2) is 91.0 Å². The highest BCUT2D eigenvalue weighted by atomic mass is 28.4. The first kappa shape index (κ1) is 30.0. The second-order valence-corrected chi connectivity index (χ2v) is 17.2. The average Bonchev–Trinajstić information content (AvgIpc) is 2.91. The van der Waals surface area contributed by atoms with E-state index in [2.05, 4.69) is 81.4 Å². The molecule has 6 heteroatoms. The molecule has 4 rings (SSSR count). The van der Waals surface area contributed by atoms with Gasteiger partial charge in [-0.3, -0.25) is 0 Å². The van der Waals surface area contributed by atoms with Gasteiger partial charge in [-0.05, 0) is 61.0 Å². The Morgan fingerprint density at radius 2 is 1.38 bits per heavy atom. The predicted molar refractivity (Wildman–Crippen MR) is 164 cm³/mol. The first-order valence-electron chi connectivity index (χ1n) is 14.4. The van der Waals surface area contributed by atoms with Crippen LogP contribution in [-0.2, 0) is 9.16 Å². The van der Waals surface area contributed by atoms with Crippen LogP contribution in [0.4, 0.5) is 4.79 Å². The summed E-state index contributed by atoms with van der Waals surface area (Å²) in [5.41, 5.74) is 0.253. The first-order valence-corrected chi connectivity index (χ1v) is 16.3. The number of likely N-dealkylation sites (tertiary alicyclic amines) is 1. The number of carbonyl (C=O) groups is 1. The zero-order chi connectivity index (χ0) is 29.0. The normalized spacial score (nSPS) is 19.2. The number of hydrogen-bond acceptors (Lipinski definition) is 4. The topological polar surface area (TPSA) is 59.0 Å². The molecule has 0 radical (unpaired) electrons. The number of carbonyl (C=O) groups excluding carboxylic acids is 1. The zero-order valence-electron chi connectivity index (χ0n) is 24.8. The highest BCUT2D eigenvalue weighted by molar-refractivity contribution is 6.99. The molecule has 0 saturated carbocycles. The Hall–Kier alpha value is -2.93. The highest BCUT2D eigenvalue weighted by Crippen LogP contribution is 2.40. The van der Waals surface area contributed by atoms with E-state index in [0.717, 1.165) is 5.56 Å². The maximum atomic E-state index is 13.3. The fourth-order valence-electron chi connectivity index (χ4n) is 5.92. The summed E-state index contributed by atoms with van der Waals surface area (Å²) < 4.78 is 13.2. The van der Waals surface area contributed by atoms with E-state index in [0.29, 0.717) is 25.8 Å². The third-order valence-corrected chi connectivity index (χ3v) is 12.8. The van der Waals surface area contributed by atoms with Crippen molar-refractivity contribution in [2.45, 2.75) is 89.7 Å². The van der Waals surface area contributed by atoms with Crippen LogP contribution in [0.5, 0.6) is 0 Å². The lowest BCUT2D eigenvalue weighted by molar-refractivity contribution is -0.0148. The van der Waals surface area contributed by atoms with E-state index in [9.17, 15) is 9.90 Å². The fraction of sp³-hybridized carbons (Fsp3) is 0.441. The number of amides is 1. The Labute approximate surface area is 241 Å². The quantitative estimate of drug-likeness (QED) is 0.338. The molecule has 3 aromatic rings. The van der Waals surface area contributed by atoms with E-state index in [1.807, 2.05) is 56.0 Å². The van der Waals surface area contributed by atoms with E-state index in [-0.39, 0.29) is 23.3 Å². The summed E-state index contributed by atoms with van der Waals surface area (Å²) in [5.74, 6) is 0. The van der Waals surface area contributed by atoms with E-state index >= 15 is 0 Å². The number of nitrogens with zero attached hydrogens (tertiary/aromatic N) is 1. The van der Waals surface area contributed by atoms with E-state index < -0.39 is 20.0 Å². The van der Waals surface area contributed by atoms with Crippen molar-refractivity contribution in [3.05, 3.63) is 96.6 Å². The maximum absolute atomic E-state index is 13.3. The molecule has 0 aromatic heterocycles. The molecule has 3 aromatic carbocycles. The molecule has 1 saturated heterocycles. The zero-order valence-corrected chi connectivity index (χ0v) is 25.8. The van der Waals surface area contributed by atoms with Gasteiger partial charge in [0, 0.05) is 18.7 Å². The molecule has 0 aliphatic carbocycles. The van der Waals surface area contributed by atoms with Crippen molar-refractivity contribution in [1.29, 1.82) is 0 Å². The minimum absolute atomic E-state index is 0.0713. The molecule has 1 fully saturated rings. The molecular formula is C34H45NO4Si. The minimum Gasteiger partial charge on any atom is -0.444 e. The second-order valence-electron chi connectivity index (χ2n) is 12.9. The van der Waals surface area contributed by atoms with E-state index in [4.69, 9.17) is 9.16 Å². The van der Waals surface area contributed by atoms with E-state index in [1.54, 1.807) is 0 Å². The lowest BCUT2D eigenvalue weighted by Crippen LogP contribution is -2.68. The van der Waals surface area contributed by atoms with Gasteiger partial charge in [0.25, 0.3) is 8.32 Å². The van der Waals surface area contributed by atoms with Gasteiger partial charge in [-0.25, -0.2) is 4.79 Å². The van der Waals surface area contributed by atoms with E-state index in [1.165, 1.54) is 10.4 Å². The maximum Gasteiger partial charge on any atom is 0.410 e. The second kappa shape index (κ2) is 12.3. The number of aliphatic hydroxyl groups is 1. The molecule has 3 atom stereocenters. The number of aliphatic hydroxyl groups excluding tert-OH is 1. The highest BCUT2D eigenvalue weighted by Gasteiger charge is 2.52. The standard InChI is InChI=1S/C34H45NO4Si/c1-33(2,3)38-32(37)35-23-22-28(24-27(35)25-31(36)26-16-10-7-11-17-26)39-40(34(4,5)6,29-18-12-8-13-19-29)30-20-14-9-15-21-30/h7-21,27-28,31,36H,22-25H2,1-6H3/t27-,28+,31+/m0/s1. The van der Waals surface area contributed by atoms with Crippen molar-refractivity contribution in [3.8, 4) is 0 Å². The number of benzene rings is 3. The molecule has 0 spiro atoms. The van der Waals surface area contributed by atoms with Crippen LogP contribution in [-0.4, -0.2) is 48.7 Å². The molecule has 1 aliphatic heterocycles. The summed E-state index contributed by atoms with van der Waals surface area (Å²) in [5, 5.41) is 13.5. The van der Waals surface area contributed by atoms with Gasteiger partial charge in [0.2, 0.25) is 0 Å². The Balaban J connectivity index is 1.69. The fourth-order valence-corrected chi connectivity index (χ4v) is 10.6. The Bertz CT molecular complexity index is 1180. The molecule has 0 unspecified atom stereocenters. The monoisotopic (exact) mass is 559 g/mol.